The number of nitrogens with zero attached hydrogens (tertiary/aromatic N) is 8. The average Bonchev–Trinajstić information content (AvgIpc) is 3.06. The van der Waals surface area contributed by atoms with Crippen molar-refractivity contribution >= 4 is 27.9 Å². The third kappa shape index (κ3) is 2.14. The van der Waals surface area contributed by atoms with Gasteiger partial charge >= 0.3 is 0 Å². The van der Waals surface area contributed by atoms with Crippen LogP contribution < -0.4 is 9.80 Å². The minimum atomic E-state index is 0.448. The number of aromatic nitrogens is 6. The predicted molar refractivity (Wildman–Crippen MR) is 87.1 cm³/mol. The van der Waals surface area contributed by atoms with E-state index in [0.717, 1.165) is 35.5 Å². The Morgan fingerprint density at radius 1 is 1.17 bits per heavy atom. The number of likely N-dealkylation sites (N-methyl/N-ethyl adjacent to an activating group) is 1. The first kappa shape index (κ1) is 13.2. The average molecular weight is 328 g/mol. The molecule has 1 aliphatic carbocycles. The summed E-state index contributed by atoms with van der Waals surface area (Å²) in [5.41, 5.74) is 2.60. The predicted octanol–water partition coefficient (Wildman–Crippen LogP) is 1.18. The van der Waals surface area contributed by atoms with Crippen molar-refractivity contribution in [3.8, 4) is 0 Å². The molecule has 3 aromatic heterocycles. The van der Waals surface area contributed by atoms with Crippen molar-refractivity contribution in [2.45, 2.75) is 24.8 Å². The molecule has 1 aliphatic heterocycles. The fourth-order valence-electron chi connectivity index (χ4n) is 2.92. The van der Waals surface area contributed by atoms with E-state index >= 15 is 0 Å². The molecular formula is C14H16N8S. The maximum atomic E-state index is 4.75. The zero-order chi connectivity index (χ0) is 15.4. The molecule has 8 nitrogen and oxygen atoms in total. The van der Waals surface area contributed by atoms with Crippen molar-refractivity contribution in [1.82, 2.24) is 30.0 Å². The monoisotopic (exact) mass is 328 g/mol. The molecule has 118 valence electrons. The Hall–Kier alpha value is -2.29. The van der Waals surface area contributed by atoms with Gasteiger partial charge in [-0.1, -0.05) is 11.3 Å². The smallest absolute Gasteiger partial charge is 0.208 e. The van der Waals surface area contributed by atoms with Gasteiger partial charge in [0.15, 0.2) is 11.5 Å². The summed E-state index contributed by atoms with van der Waals surface area (Å²) in [4.78, 5) is 4.47. The summed E-state index contributed by atoms with van der Waals surface area (Å²) in [5.74, 6) is 2.53. The zero-order valence-electron chi connectivity index (χ0n) is 12.7. The second-order valence-electron chi connectivity index (χ2n) is 6.19. The summed E-state index contributed by atoms with van der Waals surface area (Å²) < 4.78 is 1.91. The summed E-state index contributed by atoms with van der Waals surface area (Å²) in [6, 6.07) is 4.48. The minimum Gasteiger partial charge on any atom is -0.351 e. The lowest BCUT2D eigenvalue weighted by Crippen LogP contribution is -2.59. The highest BCUT2D eigenvalue weighted by Crippen LogP contribution is 2.38. The van der Waals surface area contributed by atoms with Crippen LogP contribution in [-0.2, 0) is 0 Å². The molecule has 4 heterocycles. The number of fused-ring (bicyclic) bond motifs is 1. The van der Waals surface area contributed by atoms with Crippen LogP contribution in [0.5, 0.6) is 0 Å². The van der Waals surface area contributed by atoms with Crippen LogP contribution >= 0.6 is 11.3 Å². The fraction of sp³-hybridized carbons (Fsp3) is 0.500. The molecule has 0 aromatic carbocycles. The van der Waals surface area contributed by atoms with E-state index in [2.05, 4.69) is 37.2 Å². The van der Waals surface area contributed by atoms with Crippen molar-refractivity contribution in [2.24, 2.45) is 0 Å². The first-order valence-corrected chi connectivity index (χ1v) is 8.64. The van der Waals surface area contributed by atoms with E-state index in [4.69, 9.17) is 5.10 Å². The lowest BCUT2D eigenvalue weighted by molar-refractivity contribution is 0.488. The summed E-state index contributed by atoms with van der Waals surface area (Å²) in [7, 11) is 2.07. The number of rotatable bonds is 4. The standard InChI is InChI=1S/C14H16N8S/c1-20(14-18-15-8-23-14)10-6-21(7-10)12-5-4-11-16-17-13(9-2-3-9)22(11)19-12/h4-5,8-10H,2-3,6-7H2,1H3. The van der Waals surface area contributed by atoms with E-state index in [0.29, 0.717) is 12.0 Å². The van der Waals surface area contributed by atoms with E-state index < -0.39 is 0 Å². The van der Waals surface area contributed by atoms with Gasteiger partial charge in [0.05, 0.1) is 6.04 Å². The number of anilines is 2. The first-order chi connectivity index (χ1) is 11.3. The normalized spacial score (nSPS) is 18.4. The Balaban J connectivity index is 1.35. The summed E-state index contributed by atoms with van der Waals surface area (Å²) in [6.07, 6.45) is 2.40. The van der Waals surface area contributed by atoms with Crippen molar-refractivity contribution in [3.63, 3.8) is 0 Å². The van der Waals surface area contributed by atoms with E-state index in [1.165, 1.54) is 12.8 Å². The van der Waals surface area contributed by atoms with E-state index in [-0.39, 0.29) is 0 Å². The molecule has 0 radical (unpaired) electrons. The van der Waals surface area contributed by atoms with Crippen LogP contribution in [0.1, 0.15) is 24.6 Å². The quantitative estimate of drug-likeness (QED) is 0.712. The Bertz CT molecular complexity index is 834. The van der Waals surface area contributed by atoms with E-state index in [1.807, 2.05) is 16.6 Å². The Morgan fingerprint density at radius 2 is 2.04 bits per heavy atom. The van der Waals surface area contributed by atoms with Gasteiger partial charge in [0, 0.05) is 26.1 Å². The third-order valence-corrected chi connectivity index (χ3v) is 5.38. The van der Waals surface area contributed by atoms with E-state index in [1.54, 1.807) is 16.8 Å². The van der Waals surface area contributed by atoms with Crippen LogP contribution in [0.4, 0.5) is 10.9 Å². The van der Waals surface area contributed by atoms with Gasteiger partial charge in [-0.3, -0.25) is 0 Å². The minimum absolute atomic E-state index is 0.448. The third-order valence-electron chi connectivity index (χ3n) is 4.60. The second-order valence-corrected chi connectivity index (χ2v) is 7.00. The number of hydrogen-bond donors (Lipinski definition) is 0. The van der Waals surface area contributed by atoms with E-state index in [9.17, 15) is 0 Å². The Kier molecular flexibility index (Phi) is 2.78. The van der Waals surface area contributed by atoms with Crippen molar-refractivity contribution in [3.05, 3.63) is 23.5 Å². The Labute approximate surface area is 136 Å². The van der Waals surface area contributed by atoms with Gasteiger partial charge in [-0.05, 0) is 25.0 Å². The molecule has 9 heteroatoms. The van der Waals surface area contributed by atoms with Crippen LogP contribution in [0.15, 0.2) is 17.6 Å². The molecule has 2 aliphatic rings. The SMILES string of the molecule is CN(c1nncs1)C1CN(c2ccc3nnc(C4CC4)n3n2)C1. The van der Waals surface area contributed by atoms with Crippen LogP contribution in [0.3, 0.4) is 0 Å². The van der Waals surface area contributed by atoms with Gasteiger partial charge in [-0.2, -0.15) is 4.52 Å². The largest absolute Gasteiger partial charge is 0.351 e. The summed E-state index contributed by atoms with van der Waals surface area (Å²) in [6.45, 7) is 1.88. The van der Waals surface area contributed by atoms with Gasteiger partial charge in [-0.15, -0.1) is 25.5 Å². The van der Waals surface area contributed by atoms with Crippen molar-refractivity contribution in [1.29, 1.82) is 0 Å². The van der Waals surface area contributed by atoms with Crippen LogP contribution in [0.25, 0.3) is 5.65 Å². The lowest BCUT2D eigenvalue weighted by atomic mass is 10.1. The van der Waals surface area contributed by atoms with Crippen LogP contribution in [-0.4, -0.2) is 56.2 Å². The molecule has 3 aromatic rings. The van der Waals surface area contributed by atoms with Gasteiger partial charge in [0.1, 0.15) is 11.3 Å². The Morgan fingerprint density at radius 3 is 2.78 bits per heavy atom. The molecular weight excluding hydrogens is 312 g/mol. The molecule has 2 fully saturated rings. The van der Waals surface area contributed by atoms with Gasteiger partial charge in [0.25, 0.3) is 0 Å². The van der Waals surface area contributed by atoms with Crippen LogP contribution in [0, 0.1) is 0 Å². The molecule has 0 spiro atoms. The molecule has 0 atom stereocenters. The molecule has 0 bridgehead atoms. The summed E-state index contributed by atoms with van der Waals surface area (Å²) in [5, 5.41) is 22.2. The maximum Gasteiger partial charge on any atom is 0.208 e. The molecule has 1 saturated heterocycles. The van der Waals surface area contributed by atoms with Crippen molar-refractivity contribution in [2.75, 3.05) is 29.9 Å². The zero-order valence-corrected chi connectivity index (χ0v) is 13.5. The molecule has 1 saturated carbocycles. The van der Waals surface area contributed by atoms with Gasteiger partial charge in [-0.25, -0.2) is 0 Å². The molecule has 0 unspecified atom stereocenters. The topological polar surface area (TPSA) is 75.3 Å². The highest BCUT2D eigenvalue weighted by atomic mass is 32.1. The summed E-state index contributed by atoms with van der Waals surface area (Å²) >= 11 is 1.57. The maximum absolute atomic E-state index is 4.75. The molecule has 23 heavy (non-hydrogen) atoms. The molecule has 0 amide bonds. The first-order valence-electron chi connectivity index (χ1n) is 7.76. The number of hydrogen-bond acceptors (Lipinski definition) is 8. The molecule has 0 N–H and O–H groups in total. The highest BCUT2D eigenvalue weighted by molar-refractivity contribution is 7.13. The van der Waals surface area contributed by atoms with Gasteiger partial charge in [0.2, 0.25) is 5.13 Å². The highest BCUT2D eigenvalue weighted by Gasteiger charge is 2.33. The second kappa shape index (κ2) is 4.85. The fourth-order valence-corrected chi connectivity index (χ4v) is 3.52. The van der Waals surface area contributed by atoms with Crippen molar-refractivity contribution < 1.29 is 0 Å². The van der Waals surface area contributed by atoms with Gasteiger partial charge < -0.3 is 9.80 Å². The lowest BCUT2D eigenvalue weighted by Gasteiger charge is -2.44. The van der Waals surface area contributed by atoms with Crippen LogP contribution in [0.2, 0.25) is 0 Å². The molecule has 5 rings (SSSR count).